The predicted molar refractivity (Wildman–Crippen MR) is 103 cm³/mol. The summed E-state index contributed by atoms with van der Waals surface area (Å²) in [6.45, 7) is 5.40. The molecule has 0 aliphatic carbocycles. The van der Waals surface area contributed by atoms with E-state index in [4.69, 9.17) is 11.6 Å². The van der Waals surface area contributed by atoms with E-state index in [-0.39, 0.29) is 34.8 Å². The van der Waals surface area contributed by atoms with Crippen molar-refractivity contribution in [3.8, 4) is 0 Å². The zero-order chi connectivity index (χ0) is 19.6. The fourth-order valence-electron chi connectivity index (χ4n) is 4.10. The van der Waals surface area contributed by atoms with E-state index in [0.29, 0.717) is 13.1 Å². The van der Waals surface area contributed by atoms with Crippen LogP contribution in [0.1, 0.15) is 30.9 Å². The van der Waals surface area contributed by atoms with Crippen molar-refractivity contribution >= 4 is 23.4 Å². The van der Waals surface area contributed by atoms with Gasteiger partial charge in [-0.1, -0.05) is 24.2 Å². The Balaban J connectivity index is 1.69. The molecule has 1 N–H and O–H groups in total. The lowest BCUT2D eigenvalue weighted by molar-refractivity contribution is -0.132. The first-order chi connectivity index (χ1) is 12.9. The molecule has 1 aromatic carbocycles. The summed E-state index contributed by atoms with van der Waals surface area (Å²) in [4.78, 5) is 28.5. The molecule has 2 aliphatic rings. The van der Waals surface area contributed by atoms with E-state index in [1.54, 1.807) is 11.0 Å². The Kier molecular flexibility index (Phi) is 6.17. The number of hydrogen-bond donors (Lipinski definition) is 1. The highest BCUT2D eigenvalue weighted by atomic mass is 35.5. The van der Waals surface area contributed by atoms with Crippen LogP contribution in [-0.2, 0) is 9.59 Å². The molecule has 146 valence electrons. The number of nitrogens with zero attached hydrogens (tertiary/aromatic N) is 2. The van der Waals surface area contributed by atoms with Gasteiger partial charge in [0, 0.05) is 25.7 Å². The van der Waals surface area contributed by atoms with Crippen LogP contribution in [0.5, 0.6) is 0 Å². The van der Waals surface area contributed by atoms with Gasteiger partial charge in [0.15, 0.2) is 0 Å². The van der Waals surface area contributed by atoms with Crippen molar-refractivity contribution in [2.45, 2.75) is 31.3 Å². The van der Waals surface area contributed by atoms with Crippen LogP contribution in [0.3, 0.4) is 0 Å². The number of carbonyl (C=O) groups is 2. The first-order valence-electron chi connectivity index (χ1n) is 9.27. The van der Waals surface area contributed by atoms with Gasteiger partial charge in [-0.3, -0.25) is 14.5 Å². The number of rotatable bonds is 4. The Morgan fingerprint density at radius 2 is 2.11 bits per heavy atom. The zero-order valence-corrected chi connectivity index (χ0v) is 16.2. The Hall–Kier alpha value is -1.92. The number of halogens is 2. The molecule has 2 amide bonds. The summed E-state index contributed by atoms with van der Waals surface area (Å²) in [6, 6.07) is 4.60. The van der Waals surface area contributed by atoms with Crippen molar-refractivity contribution in [1.29, 1.82) is 0 Å². The van der Waals surface area contributed by atoms with Gasteiger partial charge in [-0.05, 0) is 50.1 Å². The van der Waals surface area contributed by atoms with Crippen molar-refractivity contribution in [1.82, 2.24) is 15.1 Å². The Labute approximate surface area is 164 Å². The number of amides is 2. The third-order valence-electron chi connectivity index (χ3n) is 5.54. The van der Waals surface area contributed by atoms with E-state index < -0.39 is 5.82 Å². The van der Waals surface area contributed by atoms with Gasteiger partial charge in [0.25, 0.3) is 0 Å². The average Bonchev–Trinajstić information content (AvgIpc) is 3.03. The summed E-state index contributed by atoms with van der Waals surface area (Å²) in [5.74, 6) is -0.861. The minimum absolute atomic E-state index is 0.0451. The van der Waals surface area contributed by atoms with Gasteiger partial charge in [0.05, 0.1) is 17.0 Å². The van der Waals surface area contributed by atoms with Gasteiger partial charge >= 0.3 is 0 Å². The second-order valence-electron chi connectivity index (χ2n) is 7.33. The topological polar surface area (TPSA) is 52.7 Å². The Morgan fingerprint density at radius 3 is 2.81 bits per heavy atom. The van der Waals surface area contributed by atoms with E-state index in [0.717, 1.165) is 31.4 Å². The van der Waals surface area contributed by atoms with Gasteiger partial charge in [-0.15, -0.1) is 0 Å². The summed E-state index contributed by atoms with van der Waals surface area (Å²) >= 11 is 5.80. The molecule has 2 aliphatic heterocycles. The van der Waals surface area contributed by atoms with Crippen molar-refractivity contribution in [3.05, 3.63) is 47.3 Å². The number of nitrogens with one attached hydrogen (secondary N) is 1. The summed E-state index contributed by atoms with van der Waals surface area (Å²) in [6.07, 6.45) is 3.64. The maximum absolute atomic E-state index is 13.9. The molecule has 0 aromatic heterocycles. The Morgan fingerprint density at radius 1 is 1.33 bits per heavy atom. The van der Waals surface area contributed by atoms with E-state index >= 15 is 0 Å². The van der Waals surface area contributed by atoms with Gasteiger partial charge in [0.1, 0.15) is 5.82 Å². The van der Waals surface area contributed by atoms with Crippen LogP contribution in [0.2, 0.25) is 5.02 Å². The minimum Gasteiger partial charge on any atom is -0.351 e. The normalized spacial score (nSPS) is 26.0. The fraction of sp³-hybridized carbons (Fsp3) is 0.500. The van der Waals surface area contributed by atoms with Crippen molar-refractivity contribution < 1.29 is 14.0 Å². The highest BCUT2D eigenvalue weighted by molar-refractivity contribution is 6.30. The molecule has 3 atom stereocenters. The number of likely N-dealkylation sites (tertiary alicyclic amines) is 2. The lowest BCUT2D eigenvalue weighted by Crippen LogP contribution is -2.48. The molecule has 0 radical (unpaired) electrons. The third-order valence-corrected chi connectivity index (χ3v) is 5.85. The van der Waals surface area contributed by atoms with Crippen LogP contribution in [-0.4, -0.2) is 54.3 Å². The van der Waals surface area contributed by atoms with Crippen LogP contribution in [0.4, 0.5) is 4.39 Å². The van der Waals surface area contributed by atoms with E-state index in [2.05, 4.69) is 16.8 Å². The molecular formula is C20H25ClFN3O2. The van der Waals surface area contributed by atoms with Crippen LogP contribution in [0, 0.1) is 11.7 Å². The summed E-state index contributed by atoms with van der Waals surface area (Å²) in [5.41, 5.74) is 0.800. The van der Waals surface area contributed by atoms with Crippen molar-refractivity contribution in [2.75, 3.05) is 26.7 Å². The minimum atomic E-state index is -0.453. The highest BCUT2D eigenvalue weighted by Gasteiger charge is 2.36. The number of likely N-dealkylation sites (N-methyl/N-ethyl adjacent to an activating group) is 1. The van der Waals surface area contributed by atoms with E-state index in [1.807, 2.05) is 13.1 Å². The molecule has 7 heteroatoms. The molecular weight excluding hydrogens is 369 g/mol. The maximum Gasteiger partial charge on any atom is 0.245 e. The van der Waals surface area contributed by atoms with Crippen LogP contribution < -0.4 is 5.32 Å². The molecule has 2 heterocycles. The molecule has 1 aromatic rings. The van der Waals surface area contributed by atoms with E-state index in [9.17, 15) is 14.0 Å². The fourth-order valence-corrected chi connectivity index (χ4v) is 4.22. The number of hydrogen-bond acceptors (Lipinski definition) is 3. The first kappa shape index (κ1) is 19.8. The quantitative estimate of drug-likeness (QED) is 0.800. The molecule has 0 saturated carbocycles. The lowest BCUT2D eigenvalue weighted by Gasteiger charge is -2.33. The molecule has 1 unspecified atom stereocenters. The smallest absolute Gasteiger partial charge is 0.245 e. The molecule has 2 fully saturated rings. The average molecular weight is 394 g/mol. The molecule has 5 nitrogen and oxygen atoms in total. The summed E-state index contributed by atoms with van der Waals surface area (Å²) in [7, 11) is 1.97. The van der Waals surface area contributed by atoms with Gasteiger partial charge in [0.2, 0.25) is 11.8 Å². The molecule has 27 heavy (non-hydrogen) atoms. The monoisotopic (exact) mass is 393 g/mol. The zero-order valence-electron chi connectivity index (χ0n) is 15.5. The van der Waals surface area contributed by atoms with Gasteiger partial charge < -0.3 is 10.2 Å². The largest absolute Gasteiger partial charge is 0.351 e. The molecule has 0 bridgehead atoms. The standard InChI is InChI=1S/C20H25ClFN3O2/c1-3-18(26)25-9-4-5-14(12-25)20(27)23-17-8-10-24(2)19(17)13-6-7-15(21)16(22)11-13/h3,6-7,11,14,17,19H,1,4-5,8-10,12H2,2H3,(H,23,27)/t14?,17-,19+/m1/s1. The molecule has 0 spiro atoms. The number of piperidine rings is 1. The number of benzene rings is 1. The Bertz CT molecular complexity index is 742. The van der Waals surface area contributed by atoms with Crippen LogP contribution >= 0.6 is 11.6 Å². The van der Waals surface area contributed by atoms with E-state index in [1.165, 1.54) is 12.1 Å². The lowest BCUT2D eigenvalue weighted by atomic mass is 9.95. The second kappa shape index (κ2) is 8.40. The molecule has 2 saturated heterocycles. The predicted octanol–water partition coefficient (Wildman–Crippen LogP) is 2.77. The van der Waals surface area contributed by atoms with Gasteiger partial charge in [-0.2, -0.15) is 0 Å². The van der Waals surface area contributed by atoms with Gasteiger partial charge in [-0.25, -0.2) is 4.39 Å². The van der Waals surface area contributed by atoms with Crippen molar-refractivity contribution in [3.63, 3.8) is 0 Å². The second-order valence-corrected chi connectivity index (χ2v) is 7.74. The molecule has 3 rings (SSSR count). The summed E-state index contributed by atoms with van der Waals surface area (Å²) < 4.78 is 13.9. The summed E-state index contributed by atoms with van der Waals surface area (Å²) in [5, 5.41) is 3.23. The SMILES string of the molecule is C=CC(=O)N1CCCC(C(=O)N[C@@H]2CCN(C)[C@H]2c2ccc(Cl)c(F)c2)C1. The first-order valence-corrected chi connectivity index (χ1v) is 9.65. The van der Waals surface area contributed by atoms with Crippen molar-refractivity contribution in [2.24, 2.45) is 5.92 Å². The highest BCUT2D eigenvalue weighted by Crippen LogP contribution is 2.33. The van der Waals surface area contributed by atoms with Crippen LogP contribution in [0.25, 0.3) is 0 Å². The number of carbonyl (C=O) groups excluding carboxylic acids is 2. The maximum atomic E-state index is 13.9. The van der Waals surface area contributed by atoms with Crippen LogP contribution in [0.15, 0.2) is 30.9 Å². The third kappa shape index (κ3) is 4.33.